The predicted octanol–water partition coefficient (Wildman–Crippen LogP) is 2.83. The molecule has 2 aliphatic rings. The Morgan fingerprint density at radius 3 is 2.88 bits per heavy atom. The summed E-state index contributed by atoms with van der Waals surface area (Å²) in [5.41, 5.74) is 0.326. The number of amides is 2. The molecule has 2 heterocycles. The largest absolute Gasteiger partial charge is 0.379 e. The standard InChI is InChI=1S/C18H25ClFN3O2S/c1-22(11-14-15(19)3-2-4-16(14)20)17(24)21-12-18(5-10-26-13-18)23-6-8-25-9-7-23/h2-4H,5-13H2,1H3,(H,21,24)/t18-/m1/s1. The molecule has 8 heteroatoms. The fraction of sp³-hybridized carbons (Fsp3) is 0.611. The molecule has 2 saturated heterocycles. The number of urea groups is 1. The van der Waals surface area contributed by atoms with Gasteiger partial charge in [0.15, 0.2) is 0 Å². The van der Waals surface area contributed by atoms with Crippen molar-refractivity contribution in [2.24, 2.45) is 0 Å². The molecule has 2 fully saturated rings. The highest BCUT2D eigenvalue weighted by molar-refractivity contribution is 7.99. The molecule has 0 aromatic heterocycles. The van der Waals surface area contributed by atoms with E-state index >= 15 is 0 Å². The number of nitrogens with one attached hydrogen (secondary N) is 1. The van der Waals surface area contributed by atoms with Crippen LogP contribution in [0.15, 0.2) is 18.2 Å². The second-order valence-corrected chi connectivity index (χ2v) is 8.35. The Morgan fingerprint density at radius 2 is 2.23 bits per heavy atom. The average Bonchev–Trinajstić information content (AvgIpc) is 3.13. The number of halogens is 2. The van der Waals surface area contributed by atoms with Crippen molar-refractivity contribution in [2.75, 3.05) is 51.4 Å². The molecule has 3 rings (SSSR count). The number of carbonyl (C=O) groups excluding carboxylic acids is 1. The van der Waals surface area contributed by atoms with Crippen LogP contribution in [0.4, 0.5) is 9.18 Å². The van der Waals surface area contributed by atoms with Gasteiger partial charge < -0.3 is 15.0 Å². The molecule has 0 saturated carbocycles. The van der Waals surface area contributed by atoms with Crippen molar-refractivity contribution in [1.82, 2.24) is 15.1 Å². The van der Waals surface area contributed by atoms with Gasteiger partial charge in [0.2, 0.25) is 0 Å². The zero-order valence-electron chi connectivity index (χ0n) is 15.0. The van der Waals surface area contributed by atoms with Gasteiger partial charge in [-0.25, -0.2) is 9.18 Å². The summed E-state index contributed by atoms with van der Waals surface area (Å²) in [6, 6.07) is 4.34. The zero-order chi connectivity index (χ0) is 18.6. The van der Waals surface area contributed by atoms with Crippen LogP contribution < -0.4 is 5.32 Å². The molecule has 144 valence electrons. The van der Waals surface area contributed by atoms with Gasteiger partial charge in [0, 0.05) is 48.6 Å². The van der Waals surface area contributed by atoms with Crippen molar-refractivity contribution in [1.29, 1.82) is 0 Å². The lowest BCUT2D eigenvalue weighted by Crippen LogP contribution is -2.59. The summed E-state index contributed by atoms with van der Waals surface area (Å²) >= 11 is 7.99. The molecule has 26 heavy (non-hydrogen) atoms. The lowest BCUT2D eigenvalue weighted by atomic mass is 9.95. The van der Waals surface area contributed by atoms with Crippen LogP contribution in [-0.4, -0.2) is 72.8 Å². The summed E-state index contributed by atoms with van der Waals surface area (Å²) in [5.74, 6) is 1.72. The van der Waals surface area contributed by atoms with Gasteiger partial charge in [-0.3, -0.25) is 4.90 Å². The predicted molar refractivity (Wildman–Crippen MR) is 103 cm³/mol. The maximum Gasteiger partial charge on any atom is 0.317 e. The highest BCUT2D eigenvalue weighted by atomic mass is 35.5. The number of ether oxygens (including phenoxy) is 1. The Kier molecular flexibility index (Phi) is 6.66. The van der Waals surface area contributed by atoms with Gasteiger partial charge in [0.1, 0.15) is 5.82 Å². The maximum absolute atomic E-state index is 13.9. The topological polar surface area (TPSA) is 44.8 Å². The van der Waals surface area contributed by atoms with Gasteiger partial charge in [0.25, 0.3) is 0 Å². The quantitative estimate of drug-likeness (QED) is 0.824. The number of thioether (sulfide) groups is 1. The SMILES string of the molecule is CN(Cc1c(F)cccc1Cl)C(=O)NC[C@]1(N2CCOCC2)CCSC1. The van der Waals surface area contributed by atoms with Gasteiger partial charge in [0.05, 0.1) is 19.8 Å². The highest BCUT2D eigenvalue weighted by Gasteiger charge is 2.41. The van der Waals surface area contributed by atoms with Crippen molar-refractivity contribution in [3.8, 4) is 0 Å². The normalized spacial score (nSPS) is 23.8. The highest BCUT2D eigenvalue weighted by Crippen LogP contribution is 2.33. The fourth-order valence-corrected chi connectivity index (χ4v) is 5.20. The van der Waals surface area contributed by atoms with E-state index in [4.69, 9.17) is 16.3 Å². The number of carbonyl (C=O) groups is 1. The molecular weight excluding hydrogens is 377 g/mol. The first-order valence-corrected chi connectivity index (χ1v) is 10.4. The molecule has 1 aromatic rings. The van der Waals surface area contributed by atoms with Gasteiger partial charge in [-0.1, -0.05) is 17.7 Å². The third kappa shape index (κ3) is 4.44. The smallest absolute Gasteiger partial charge is 0.317 e. The molecule has 0 bridgehead atoms. The van der Waals surface area contributed by atoms with Crippen LogP contribution in [0.1, 0.15) is 12.0 Å². The summed E-state index contributed by atoms with van der Waals surface area (Å²) in [4.78, 5) is 16.5. The molecule has 5 nitrogen and oxygen atoms in total. The Labute approximate surface area is 163 Å². The van der Waals surface area contributed by atoms with Crippen molar-refractivity contribution >= 4 is 29.4 Å². The molecule has 1 aromatic carbocycles. The first-order valence-electron chi connectivity index (χ1n) is 8.84. The Bertz CT molecular complexity index is 617. The number of hydrogen-bond donors (Lipinski definition) is 1. The number of hydrogen-bond acceptors (Lipinski definition) is 4. The van der Waals surface area contributed by atoms with Crippen molar-refractivity contribution < 1.29 is 13.9 Å². The van der Waals surface area contributed by atoms with Gasteiger partial charge in [-0.05, 0) is 24.3 Å². The van der Waals surface area contributed by atoms with E-state index in [0.717, 1.165) is 44.2 Å². The number of rotatable bonds is 5. The van der Waals surface area contributed by atoms with Crippen LogP contribution in [-0.2, 0) is 11.3 Å². The van der Waals surface area contributed by atoms with E-state index in [1.807, 2.05) is 11.8 Å². The van der Waals surface area contributed by atoms with Gasteiger partial charge >= 0.3 is 6.03 Å². The van der Waals surface area contributed by atoms with Crippen LogP contribution >= 0.6 is 23.4 Å². The maximum atomic E-state index is 13.9. The molecule has 1 N–H and O–H groups in total. The second-order valence-electron chi connectivity index (χ2n) is 6.84. The monoisotopic (exact) mass is 401 g/mol. The third-order valence-corrected chi connectivity index (χ3v) is 6.73. The van der Waals surface area contributed by atoms with Crippen LogP contribution in [0, 0.1) is 5.82 Å². The Hall–Kier alpha value is -1.02. The van der Waals surface area contributed by atoms with E-state index in [1.165, 1.54) is 11.0 Å². The summed E-state index contributed by atoms with van der Waals surface area (Å²) in [5, 5.41) is 3.38. The van der Waals surface area contributed by atoms with E-state index < -0.39 is 5.82 Å². The van der Waals surface area contributed by atoms with Crippen molar-refractivity contribution in [3.05, 3.63) is 34.6 Å². The molecule has 1 atom stereocenters. The van der Waals surface area contributed by atoms with Crippen molar-refractivity contribution in [2.45, 2.75) is 18.5 Å². The van der Waals surface area contributed by atoms with E-state index in [0.29, 0.717) is 17.1 Å². The molecule has 0 radical (unpaired) electrons. The van der Waals surface area contributed by atoms with Crippen LogP contribution in [0.25, 0.3) is 0 Å². The summed E-state index contributed by atoms with van der Waals surface area (Å²) in [7, 11) is 1.66. The van der Waals surface area contributed by atoms with Crippen LogP contribution in [0.2, 0.25) is 5.02 Å². The lowest BCUT2D eigenvalue weighted by Gasteiger charge is -2.43. The molecule has 2 amide bonds. The minimum Gasteiger partial charge on any atom is -0.379 e. The van der Waals surface area contributed by atoms with Gasteiger partial charge in [-0.2, -0.15) is 11.8 Å². The molecule has 0 aliphatic carbocycles. The van der Waals surface area contributed by atoms with E-state index in [9.17, 15) is 9.18 Å². The lowest BCUT2D eigenvalue weighted by molar-refractivity contribution is -0.0127. The van der Waals surface area contributed by atoms with Crippen LogP contribution in [0.3, 0.4) is 0 Å². The first kappa shape index (κ1) is 19.7. The minimum absolute atomic E-state index is 0.0133. The molecular formula is C18H25ClFN3O2S. The minimum atomic E-state index is -0.394. The Morgan fingerprint density at radius 1 is 1.46 bits per heavy atom. The summed E-state index contributed by atoms with van der Waals surface area (Å²) < 4.78 is 19.4. The molecule has 0 spiro atoms. The zero-order valence-corrected chi connectivity index (χ0v) is 16.5. The summed E-state index contributed by atoms with van der Waals surface area (Å²) in [6.07, 6.45) is 1.06. The van der Waals surface area contributed by atoms with Crippen LogP contribution in [0.5, 0.6) is 0 Å². The fourth-order valence-electron chi connectivity index (χ4n) is 3.50. The number of nitrogens with zero attached hydrogens (tertiary/aromatic N) is 2. The first-order chi connectivity index (χ1) is 12.5. The Balaban J connectivity index is 1.59. The number of benzene rings is 1. The molecule has 2 aliphatic heterocycles. The number of morpholine rings is 1. The van der Waals surface area contributed by atoms with E-state index in [-0.39, 0.29) is 18.1 Å². The summed E-state index contributed by atoms with van der Waals surface area (Å²) in [6.45, 7) is 4.01. The van der Waals surface area contributed by atoms with E-state index in [1.54, 1.807) is 19.2 Å². The molecule has 0 unspecified atom stereocenters. The average molecular weight is 402 g/mol. The van der Waals surface area contributed by atoms with Crippen molar-refractivity contribution in [3.63, 3.8) is 0 Å². The second kappa shape index (κ2) is 8.78. The van der Waals surface area contributed by atoms with Gasteiger partial charge in [-0.15, -0.1) is 0 Å². The third-order valence-electron chi connectivity index (χ3n) is 5.14. The van der Waals surface area contributed by atoms with E-state index in [2.05, 4.69) is 10.2 Å².